The maximum absolute atomic E-state index is 12.6. The summed E-state index contributed by atoms with van der Waals surface area (Å²) in [5.74, 6) is -2.80. The van der Waals surface area contributed by atoms with Gasteiger partial charge >= 0.3 is 0 Å². The number of ether oxygens (including phenoxy) is 1. The molecule has 11 heavy (non-hydrogen) atoms. The van der Waals surface area contributed by atoms with Crippen LogP contribution in [0.1, 0.15) is 6.92 Å². The van der Waals surface area contributed by atoms with Crippen LogP contribution in [-0.2, 0) is 4.74 Å². The number of rotatable bonds is 0. The van der Waals surface area contributed by atoms with E-state index in [0.717, 1.165) is 0 Å². The molecule has 66 valence electrons. The van der Waals surface area contributed by atoms with Gasteiger partial charge in [0.2, 0.25) is 18.9 Å². The summed E-state index contributed by atoms with van der Waals surface area (Å²) in [7, 11) is 0. The largest absolute Gasteiger partial charge is 0.304 e. The second-order valence-electron chi connectivity index (χ2n) is 2.39. The van der Waals surface area contributed by atoms with E-state index in [1.807, 2.05) is 0 Å². The zero-order chi connectivity index (χ0) is 8.65. The van der Waals surface area contributed by atoms with Gasteiger partial charge in [0.25, 0.3) is 5.85 Å². The molecule has 1 heterocycles. The highest BCUT2D eigenvalue weighted by molar-refractivity contribution is 4.79. The molecule has 0 aliphatic carbocycles. The van der Waals surface area contributed by atoms with E-state index in [1.165, 1.54) is 5.32 Å². The number of halogens is 4. The van der Waals surface area contributed by atoms with Crippen molar-refractivity contribution < 1.29 is 22.3 Å². The molecule has 1 aliphatic heterocycles. The van der Waals surface area contributed by atoms with Gasteiger partial charge in [-0.2, -0.15) is 0 Å². The Morgan fingerprint density at radius 2 is 1.91 bits per heavy atom. The summed E-state index contributed by atoms with van der Waals surface area (Å²) < 4.78 is 53.1. The van der Waals surface area contributed by atoms with Crippen LogP contribution < -0.4 is 5.32 Å². The molecule has 0 radical (unpaired) electrons. The van der Waals surface area contributed by atoms with Crippen molar-refractivity contribution in [3.63, 3.8) is 0 Å². The first-order chi connectivity index (χ1) is 4.93. The maximum Gasteiger partial charge on any atom is 0.254 e. The highest BCUT2D eigenvalue weighted by atomic mass is 19.2. The Morgan fingerprint density at radius 1 is 1.36 bits per heavy atom. The van der Waals surface area contributed by atoms with Gasteiger partial charge in [-0.05, 0) is 6.92 Å². The molecule has 0 bridgehead atoms. The van der Waals surface area contributed by atoms with Crippen LogP contribution in [-0.4, -0.2) is 24.8 Å². The van der Waals surface area contributed by atoms with Crippen LogP contribution in [0.15, 0.2) is 0 Å². The second-order valence-corrected chi connectivity index (χ2v) is 2.39. The molecule has 0 aromatic rings. The molecule has 1 fully saturated rings. The summed E-state index contributed by atoms with van der Waals surface area (Å²) in [6, 6.07) is 0. The number of hydrogen-bond acceptors (Lipinski definition) is 2. The zero-order valence-electron chi connectivity index (χ0n) is 5.65. The molecule has 0 aromatic heterocycles. The lowest BCUT2D eigenvalue weighted by Gasteiger charge is -2.34. The first-order valence-electron chi connectivity index (χ1n) is 2.98. The summed E-state index contributed by atoms with van der Waals surface area (Å²) in [4.78, 5) is 0. The summed E-state index contributed by atoms with van der Waals surface area (Å²) in [5.41, 5.74) is 0. The van der Waals surface area contributed by atoms with Gasteiger partial charge in [0.1, 0.15) is 0 Å². The van der Waals surface area contributed by atoms with E-state index < -0.39 is 24.8 Å². The Hall–Kier alpha value is -0.360. The van der Waals surface area contributed by atoms with Gasteiger partial charge in [-0.3, -0.25) is 0 Å². The third kappa shape index (κ3) is 1.62. The van der Waals surface area contributed by atoms with Crippen LogP contribution >= 0.6 is 0 Å². The average Bonchev–Trinajstić information content (AvgIpc) is 1.83. The Morgan fingerprint density at radius 3 is 2.36 bits per heavy atom. The molecule has 1 N–H and O–H groups in total. The van der Waals surface area contributed by atoms with Crippen molar-refractivity contribution in [3.8, 4) is 0 Å². The molecule has 2 nitrogen and oxygen atoms in total. The average molecular weight is 173 g/mol. The van der Waals surface area contributed by atoms with Crippen molar-refractivity contribution in [1.82, 2.24) is 5.32 Å². The van der Waals surface area contributed by atoms with E-state index in [-0.39, 0.29) is 0 Å². The topological polar surface area (TPSA) is 21.3 Å². The Kier molecular flexibility index (Phi) is 2.06. The molecule has 1 saturated heterocycles. The standard InChI is InChI=1S/C5H7F4NO/c1-5(9)4(8)10-2(6)3(7)11-5/h2-4,10H,1H3. The summed E-state index contributed by atoms with van der Waals surface area (Å²) in [5, 5.41) is 1.41. The van der Waals surface area contributed by atoms with E-state index in [4.69, 9.17) is 0 Å². The Balaban J connectivity index is 2.63. The fourth-order valence-corrected chi connectivity index (χ4v) is 0.704. The van der Waals surface area contributed by atoms with Crippen molar-refractivity contribution in [2.24, 2.45) is 0 Å². The minimum Gasteiger partial charge on any atom is -0.304 e. The minimum absolute atomic E-state index is 0.684. The maximum atomic E-state index is 12.6. The molecule has 0 aromatic carbocycles. The highest BCUT2D eigenvalue weighted by Crippen LogP contribution is 2.27. The predicted octanol–water partition coefficient (Wildman–Crippen LogP) is 1.18. The lowest BCUT2D eigenvalue weighted by molar-refractivity contribution is -0.293. The molecule has 4 atom stereocenters. The van der Waals surface area contributed by atoms with Gasteiger partial charge in [-0.25, -0.2) is 22.9 Å². The van der Waals surface area contributed by atoms with Gasteiger partial charge in [0, 0.05) is 0 Å². The highest BCUT2D eigenvalue weighted by Gasteiger charge is 2.47. The first-order valence-corrected chi connectivity index (χ1v) is 2.98. The lowest BCUT2D eigenvalue weighted by Crippen LogP contribution is -2.58. The van der Waals surface area contributed by atoms with Gasteiger partial charge in [-0.15, -0.1) is 0 Å². The number of hydrogen-bond donors (Lipinski definition) is 1. The molecule has 6 heteroatoms. The fraction of sp³-hybridized carbons (Fsp3) is 1.00. The Bertz CT molecular complexity index is 153. The van der Waals surface area contributed by atoms with E-state index in [2.05, 4.69) is 4.74 Å². The number of nitrogens with one attached hydrogen (secondary N) is 1. The van der Waals surface area contributed by atoms with Crippen molar-refractivity contribution in [3.05, 3.63) is 0 Å². The van der Waals surface area contributed by atoms with Crippen molar-refractivity contribution >= 4 is 0 Å². The van der Waals surface area contributed by atoms with E-state index in [1.54, 1.807) is 0 Å². The number of alkyl halides is 4. The third-order valence-corrected chi connectivity index (χ3v) is 1.33. The normalized spacial score (nSPS) is 52.6. The van der Waals surface area contributed by atoms with Crippen molar-refractivity contribution in [2.45, 2.75) is 31.7 Å². The minimum atomic E-state index is -2.80. The fourth-order valence-electron chi connectivity index (χ4n) is 0.704. The molecule has 0 amide bonds. The van der Waals surface area contributed by atoms with Gasteiger partial charge in [0.15, 0.2) is 0 Å². The second kappa shape index (κ2) is 2.60. The summed E-state index contributed by atoms with van der Waals surface area (Å²) >= 11 is 0. The SMILES string of the molecule is CC1(F)OC(F)C(F)NC1F. The molecule has 1 aliphatic rings. The summed E-state index contributed by atoms with van der Waals surface area (Å²) in [6.07, 6.45) is -7.12. The van der Waals surface area contributed by atoms with Crippen LogP contribution in [0.5, 0.6) is 0 Å². The molecule has 4 unspecified atom stereocenters. The van der Waals surface area contributed by atoms with Gasteiger partial charge in [0.05, 0.1) is 0 Å². The van der Waals surface area contributed by atoms with Crippen LogP contribution in [0.3, 0.4) is 0 Å². The summed E-state index contributed by atoms with van der Waals surface area (Å²) in [6.45, 7) is 0.684. The monoisotopic (exact) mass is 173 g/mol. The van der Waals surface area contributed by atoms with Crippen LogP contribution in [0, 0.1) is 0 Å². The molecule has 1 rings (SSSR count). The Labute approximate surface area is 60.5 Å². The third-order valence-electron chi connectivity index (χ3n) is 1.33. The lowest BCUT2D eigenvalue weighted by atomic mass is 10.3. The smallest absolute Gasteiger partial charge is 0.254 e. The molecular formula is C5H7F4NO. The zero-order valence-corrected chi connectivity index (χ0v) is 5.65. The van der Waals surface area contributed by atoms with Crippen LogP contribution in [0.25, 0.3) is 0 Å². The van der Waals surface area contributed by atoms with E-state index in [9.17, 15) is 17.6 Å². The van der Waals surface area contributed by atoms with E-state index in [0.29, 0.717) is 6.92 Å². The van der Waals surface area contributed by atoms with Gasteiger partial charge in [-0.1, -0.05) is 0 Å². The van der Waals surface area contributed by atoms with Crippen LogP contribution in [0.2, 0.25) is 0 Å². The molecule has 0 spiro atoms. The predicted molar refractivity (Wildman–Crippen MR) is 28.4 cm³/mol. The first kappa shape index (κ1) is 8.73. The van der Waals surface area contributed by atoms with E-state index >= 15 is 0 Å². The van der Waals surface area contributed by atoms with Crippen molar-refractivity contribution in [2.75, 3.05) is 0 Å². The molecular weight excluding hydrogens is 166 g/mol. The van der Waals surface area contributed by atoms with Gasteiger partial charge < -0.3 is 4.74 Å². The molecule has 0 saturated carbocycles. The van der Waals surface area contributed by atoms with Crippen molar-refractivity contribution in [1.29, 1.82) is 0 Å². The van der Waals surface area contributed by atoms with Crippen LogP contribution in [0.4, 0.5) is 17.6 Å². The quantitative estimate of drug-likeness (QED) is 0.438. The number of morpholine rings is 1.